The highest BCUT2D eigenvalue weighted by molar-refractivity contribution is 5.26. The van der Waals surface area contributed by atoms with Crippen molar-refractivity contribution in [3.05, 3.63) is 42.1 Å². The predicted octanol–water partition coefficient (Wildman–Crippen LogP) is 2.04. The van der Waals surface area contributed by atoms with Gasteiger partial charge in [-0.1, -0.05) is 12.1 Å². The average molecular weight is 167 g/mol. The van der Waals surface area contributed by atoms with Crippen molar-refractivity contribution in [3.8, 4) is 0 Å². The monoisotopic (exact) mass is 167 g/mol. The number of hydrogen-bond acceptors (Lipinski definition) is 1. The lowest BCUT2D eigenvalue weighted by Gasteiger charge is -2.08. The first-order valence-electron chi connectivity index (χ1n) is 3.85. The van der Waals surface area contributed by atoms with Crippen LogP contribution in [0.3, 0.4) is 0 Å². The third kappa shape index (κ3) is 1.83. The first-order chi connectivity index (χ1) is 5.65. The Balaban J connectivity index is 2.96. The highest BCUT2D eigenvalue weighted by Gasteiger charge is 2.05. The van der Waals surface area contributed by atoms with Crippen molar-refractivity contribution >= 4 is 0 Å². The zero-order chi connectivity index (χ0) is 9.14. The Morgan fingerprint density at radius 1 is 1.58 bits per heavy atom. The minimum absolute atomic E-state index is 0.0531. The van der Waals surface area contributed by atoms with Gasteiger partial charge in [-0.05, 0) is 31.0 Å². The molecule has 0 bridgehead atoms. The molecule has 0 saturated heterocycles. The van der Waals surface area contributed by atoms with Gasteiger partial charge in [-0.3, -0.25) is 0 Å². The van der Waals surface area contributed by atoms with Crippen LogP contribution in [-0.4, -0.2) is 11.7 Å². The average Bonchev–Trinajstić information content (AvgIpc) is 2.08. The number of hydrogen-bond donors (Lipinski definition) is 1. The van der Waals surface area contributed by atoms with Gasteiger partial charge in [0.2, 0.25) is 0 Å². The fraction of sp³-hybridized carbons (Fsp3) is 0.300. The zero-order valence-corrected chi connectivity index (χ0v) is 7.05. The van der Waals surface area contributed by atoms with E-state index in [-0.39, 0.29) is 18.3 Å². The Morgan fingerprint density at radius 3 is 2.75 bits per heavy atom. The van der Waals surface area contributed by atoms with Gasteiger partial charge in [0.15, 0.2) is 0 Å². The largest absolute Gasteiger partial charge is 0.396 e. The van der Waals surface area contributed by atoms with Crippen LogP contribution in [0.15, 0.2) is 18.2 Å². The summed E-state index contributed by atoms with van der Waals surface area (Å²) in [6.07, 6.45) is 0. The molecular formula is C10H12FO. The summed E-state index contributed by atoms with van der Waals surface area (Å²) < 4.78 is 13.0. The third-order valence-corrected chi connectivity index (χ3v) is 1.89. The molecule has 0 saturated carbocycles. The van der Waals surface area contributed by atoms with Crippen LogP contribution in [0.5, 0.6) is 0 Å². The molecule has 1 N–H and O–H groups in total. The number of aliphatic hydroxyl groups excluding tert-OH is 1. The summed E-state index contributed by atoms with van der Waals surface area (Å²) in [6.45, 7) is 5.33. The Kier molecular flexibility index (Phi) is 2.82. The minimum Gasteiger partial charge on any atom is -0.396 e. The standard InChI is InChI=1S/C10H12FO/c1-7-3-4-9(5-10(7)11)8(2)6-12/h3-5,8,12H,2,6H2,1H3. The van der Waals surface area contributed by atoms with Crippen LogP contribution in [-0.2, 0) is 0 Å². The second kappa shape index (κ2) is 3.68. The van der Waals surface area contributed by atoms with Crippen LogP contribution in [0.2, 0.25) is 0 Å². The Labute approximate surface area is 71.9 Å². The first-order valence-corrected chi connectivity index (χ1v) is 3.85. The van der Waals surface area contributed by atoms with Gasteiger partial charge in [-0.15, -0.1) is 0 Å². The van der Waals surface area contributed by atoms with Crippen LogP contribution < -0.4 is 0 Å². The van der Waals surface area contributed by atoms with Gasteiger partial charge < -0.3 is 5.11 Å². The fourth-order valence-corrected chi connectivity index (χ4v) is 0.968. The van der Waals surface area contributed by atoms with Gasteiger partial charge in [0.05, 0.1) is 0 Å². The van der Waals surface area contributed by atoms with E-state index in [9.17, 15) is 4.39 Å². The van der Waals surface area contributed by atoms with E-state index >= 15 is 0 Å². The van der Waals surface area contributed by atoms with Gasteiger partial charge in [-0.2, -0.15) is 0 Å². The van der Waals surface area contributed by atoms with Crippen LogP contribution in [0.25, 0.3) is 0 Å². The van der Waals surface area contributed by atoms with Crippen molar-refractivity contribution in [1.29, 1.82) is 0 Å². The molecule has 1 nitrogen and oxygen atoms in total. The number of benzene rings is 1. The second-order valence-corrected chi connectivity index (χ2v) is 2.89. The molecule has 1 unspecified atom stereocenters. The zero-order valence-electron chi connectivity index (χ0n) is 7.05. The molecular weight excluding hydrogens is 155 g/mol. The van der Waals surface area contributed by atoms with E-state index in [1.165, 1.54) is 6.07 Å². The van der Waals surface area contributed by atoms with Gasteiger partial charge in [-0.25, -0.2) is 4.39 Å². The Hall–Kier alpha value is -0.890. The molecule has 0 fully saturated rings. The van der Waals surface area contributed by atoms with E-state index in [0.717, 1.165) is 5.56 Å². The van der Waals surface area contributed by atoms with Crippen molar-refractivity contribution in [1.82, 2.24) is 0 Å². The van der Waals surface area contributed by atoms with E-state index in [2.05, 4.69) is 6.92 Å². The van der Waals surface area contributed by atoms with Crippen LogP contribution in [0.4, 0.5) is 4.39 Å². The summed E-state index contributed by atoms with van der Waals surface area (Å²) in [4.78, 5) is 0. The van der Waals surface area contributed by atoms with E-state index in [4.69, 9.17) is 5.11 Å². The molecule has 1 rings (SSSR count). The molecule has 0 spiro atoms. The smallest absolute Gasteiger partial charge is 0.126 e. The molecule has 0 aliphatic carbocycles. The van der Waals surface area contributed by atoms with Crippen LogP contribution in [0.1, 0.15) is 17.0 Å². The van der Waals surface area contributed by atoms with Crippen molar-refractivity contribution in [2.24, 2.45) is 0 Å². The molecule has 0 heterocycles. The summed E-state index contributed by atoms with van der Waals surface area (Å²) in [7, 11) is 0. The SMILES string of the molecule is [CH2]C(CO)c1ccc(C)c(F)c1. The highest BCUT2D eigenvalue weighted by atomic mass is 19.1. The molecule has 0 aliphatic rings. The molecule has 0 amide bonds. The van der Waals surface area contributed by atoms with Gasteiger partial charge in [0.25, 0.3) is 0 Å². The lowest BCUT2D eigenvalue weighted by Crippen LogP contribution is -2.00. The molecule has 2 heteroatoms. The van der Waals surface area contributed by atoms with E-state index in [1.54, 1.807) is 19.1 Å². The summed E-state index contributed by atoms with van der Waals surface area (Å²) in [5.74, 6) is -0.477. The molecule has 0 aliphatic heterocycles. The maximum Gasteiger partial charge on any atom is 0.126 e. The lowest BCUT2D eigenvalue weighted by atomic mass is 10.0. The van der Waals surface area contributed by atoms with Gasteiger partial charge >= 0.3 is 0 Å². The molecule has 1 radical (unpaired) electrons. The first kappa shape index (κ1) is 9.20. The summed E-state index contributed by atoms with van der Waals surface area (Å²) >= 11 is 0. The van der Waals surface area contributed by atoms with Crippen LogP contribution in [0, 0.1) is 19.7 Å². The number of halogens is 1. The number of rotatable bonds is 2. The molecule has 12 heavy (non-hydrogen) atoms. The highest BCUT2D eigenvalue weighted by Crippen LogP contribution is 2.16. The Morgan fingerprint density at radius 2 is 2.25 bits per heavy atom. The van der Waals surface area contributed by atoms with E-state index in [0.29, 0.717) is 5.56 Å². The predicted molar refractivity (Wildman–Crippen MR) is 46.3 cm³/mol. The van der Waals surface area contributed by atoms with Crippen molar-refractivity contribution in [2.75, 3.05) is 6.61 Å². The topological polar surface area (TPSA) is 20.2 Å². The lowest BCUT2D eigenvalue weighted by molar-refractivity contribution is 0.282. The fourth-order valence-electron chi connectivity index (χ4n) is 0.968. The summed E-state index contributed by atoms with van der Waals surface area (Å²) in [5.41, 5.74) is 1.35. The minimum atomic E-state index is -0.241. The number of aliphatic hydroxyl groups is 1. The maximum absolute atomic E-state index is 13.0. The quantitative estimate of drug-likeness (QED) is 0.714. The second-order valence-electron chi connectivity index (χ2n) is 2.89. The molecule has 65 valence electrons. The van der Waals surface area contributed by atoms with Crippen molar-refractivity contribution in [3.63, 3.8) is 0 Å². The van der Waals surface area contributed by atoms with Crippen molar-refractivity contribution in [2.45, 2.75) is 12.8 Å². The third-order valence-electron chi connectivity index (χ3n) is 1.89. The normalized spacial score (nSPS) is 13.0. The molecule has 1 atom stereocenters. The summed E-state index contributed by atoms with van der Waals surface area (Å²) in [6, 6.07) is 4.90. The summed E-state index contributed by atoms with van der Waals surface area (Å²) in [5, 5.41) is 8.76. The van der Waals surface area contributed by atoms with E-state index in [1.807, 2.05) is 0 Å². The van der Waals surface area contributed by atoms with Crippen molar-refractivity contribution < 1.29 is 9.50 Å². The Bertz CT molecular complexity index is 271. The molecule has 1 aromatic carbocycles. The van der Waals surface area contributed by atoms with Gasteiger partial charge in [0, 0.05) is 12.5 Å². The van der Waals surface area contributed by atoms with Gasteiger partial charge in [0.1, 0.15) is 5.82 Å². The van der Waals surface area contributed by atoms with Crippen LogP contribution >= 0.6 is 0 Å². The number of aryl methyl sites for hydroxylation is 1. The maximum atomic E-state index is 13.0. The molecule has 0 aromatic heterocycles. The van der Waals surface area contributed by atoms with E-state index < -0.39 is 0 Å². The molecule has 1 aromatic rings.